The smallest absolute Gasteiger partial charge is 0.151 e. The molecular formula is C15H25NO3S. The molecule has 114 valence electrons. The zero-order valence-corrected chi connectivity index (χ0v) is 13.5. The van der Waals surface area contributed by atoms with Gasteiger partial charge in [0.2, 0.25) is 0 Å². The van der Waals surface area contributed by atoms with Crippen LogP contribution in [0.15, 0.2) is 24.3 Å². The van der Waals surface area contributed by atoms with Gasteiger partial charge in [0, 0.05) is 12.3 Å². The second-order valence-electron chi connectivity index (χ2n) is 5.15. The van der Waals surface area contributed by atoms with Crippen LogP contribution in [0.4, 0.5) is 0 Å². The van der Waals surface area contributed by atoms with Gasteiger partial charge in [-0.15, -0.1) is 0 Å². The summed E-state index contributed by atoms with van der Waals surface area (Å²) in [5, 5.41) is 2.94. The van der Waals surface area contributed by atoms with E-state index in [9.17, 15) is 8.42 Å². The van der Waals surface area contributed by atoms with E-state index in [0.29, 0.717) is 6.42 Å². The molecule has 0 bridgehead atoms. The van der Waals surface area contributed by atoms with Crippen LogP contribution in [0.1, 0.15) is 25.8 Å². The highest BCUT2D eigenvalue weighted by Crippen LogP contribution is 2.15. The van der Waals surface area contributed by atoms with Crippen LogP contribution in [0.3, 0.4) is 0 Å². The predicted molar refractivity (Wildman–Crippen MR) is 83.1 cm³/mol. The third-order valence-electron chi connectivity index (χ3n) is 3.51. The molecule has 0 saturated carbocycles. The van der Waals surface area contributed by atoms with E-state index in [2.05, 4.69) is 12.2 Å². The van der Waals surface area contributed by atoms with Crippen molar-refractivity contribution < 1.29 is 13.2 Å². The van der Waals surface area contributed by atoms with Gasteiger partial charge in [0.15, 0.2) is 9.84 Å². The summed E-state index contributed by atoms with van der Waals surface area (Å²) >= 11 is 0. The van der Waals surface area contributed by atoms with E-state index in [0.717, 1.165) is 24.3 Å². The Morgan fingerprint density at radius 1 is 1.25 bits per heavy atom. The van der Waals surface area contributed by atoms with Crippen molar-refractivity contribution in [1.29, 1.82) is 0 Å². The van der Waals surface area contributed by atoms with Gasteiger partial charge in [0.05, 0.1) is 12.4 Å². The molecule has 1 aromatic carbocycles. The number of sulfone groups is 1. The van der Waals surface area contributed by atoms with E-state index in [-0.39, 0.29) is 6.04 Å². The number of hydrogen-bond donors (Lipinski definition) is 1. The maximum absolute atomic E-state index is 11.8. The van der Waals surface area contributed by atoms with Gasteiger partial charge in [-0.2, -0.15) is 0 Å². The zero-order chi connectivity index (χ0) is 15.2. The Balaban J connectivity index is 2.82. The van der Waals surface area contributed by atoms with Crippen molar-refractivity contribution >= 4 is 9.84 Å². The molecule has 0 aliphatic rings. The highest BCUT2D eigenvalue weighted by Gasteiger charge is 2.25. The second-order valence-corrected chi connectivity index (χ2v) is 7.55. The van der Waals surface area contributed by atoms with Gasteiger partial charge in [-0.3, -0.25) is 0 Å². The highest BCUT2D eigenvalue weighted by atomic mass is 32.2. The molecular weight excluding hydrogens is 274 g/mol. The topological polar surface area (TPSA) is 55.4 Å². The van der Waals surface area contributed by atoms with Crippen molar-refractivity contribution in [3.05, 3.63) is 29.8 Å². The molecule has 1 aromatic rings. The lowest BCUT2D eigenvalue weighted by molar-refractivity contribution is 0.414. The maximum atomic E-state index is 11.8. The van der Waals surface area contributed by atoms with Gasteiger partial charge in [0.1, 0.15) is 5.75 Å². The first kappa shape index (κ1) is 17.0. The summed E-state index contributed by atoms with van der Waals surface area (Å²) in [6.07, 6.45) is 2.97. The van der Waals surface area contributed by atoms with Crippen molar-refractivity contribution in [2.45, 2.75) is 38.0 Å². The van der Waals surface area contributed by atoms with Gasteiger partial charge in [-0.05, 0) is 44.0 Å². The van der Waals surface area contributed by atoms with Crippen LogP contribution >= 0.6 is 0 Å². The molecule has 0 radical (unpaired) electrons. The highest BCUT2D eigenvalue weighted by molar-refractivity contribution is 7.91. The van der Waals surface area contributed by atoms with E-state index in [1.807, 2.05) is 24.3 Å². The van der Waals surface area contributed by atoms with Crippen molar-refractivity contribution in [2.75, 3.05) is 19.9 Å². The predicted octanol–water partition coefficient (Wildman–Crippen LogP) is 2.04. The fourth-order valence-corrected chi connectivity index (χ4v) is 2.84. The Morgan fingerprint density at radius 2 is 1.85 bits per heavy atom. The zero-order valence-electron chi connectivity index (χ0n) is 12.7. The minimum Gasteiger partial charge on any atom is -0.497 e. The van der Waals surface area contributed by atoms with Crippen LogP contribution < -0.4 is 10.1 Å². The summed E-state index contributed by atoms with van der Waals surface area (Å²) in [6.45, 7) is 4.66. The summed E-state index contributed by atoms with van der Waals surface area (Å²) in [6, 6.07) is 7.69. The van der Waals surface area contributed by atoms with Crippen LogP contribution in [0, 0.1) is 0 Å². The van der Waals surface area contributed by atoms with Gasteiger partial charge in [-0.25, -0.2) is 8.42 Å². The van der Waals surface area contributed by atoms with Crippen LogP contribution in [-0.4, -0.2) is 39.6 Å². The molecule has 2 unspecified atom stereocenters. The molecule has 0 amide bonds. The minimum absolute atomic E-state index is 0.0710. The molecule has 0 heterocycles. The van der Waals surface area contributed by atoms with Crippen molar-refractivity contribution in [3.63, 3.8) is 0 Å². The second kappa shape index (κ2) is 7.64. The summed E-state index contributed by atoms with van der Waals surface area (Å²) < 4.78 is 28.7. The standard InChI is InChI=1S/C15H25NO3S/c1-5-10-16-15(12(2)20(4,17)18)11-13-6-8-14(19-3)9-7-13/h6-9,12,15-16H,5,10-11H2,1-4H3. The Hall–Kier alpha value is -1.07. The maximum Gasteiger partial charge on any atom is 0.151 e. The van der Waals surface area contributed by atoms with E-state index in [4.69, 9.17) is 4.74 Å². The van der Waals surface area contributed by atoms with Crippen LogP contribution in [0.25, 0.3) is 0 Å². The van der Waals surface area contributed by atoms with E-state index < -0.39 is 15.1 Å². The third-order valence-corrected chi connectivity index (χ3v) is 5.19. The fraction of sp³-hybridized carbons (Fsp3) is 0.600. The van der Waals surface area contributed by atoms with Gasteiger partial charge >= 0.3 is 0 Å². The van der Waals surface area contributed by atoms with E-state index in [1.165, 1.54) is 6.26 Å². The molecule has 0 aromatic heterocycles. The summed E-state index contributed by atoms with van der Waals surface area (Å²) in [7, 11) is -1.42. The Bertz CT molecular complexity index is 496. The number of hydrogen-bond acceptors (Lipinski definition) is 4. The lowest BCUT2D eigenvalue weighted by Crippen LogP contribution is -2.44. The number of methoxy groups -OCH3 is 1. The first-order valence-corrected chi connectivity index (χ1v) is 8.89. The molecule has 0 aliphatic heterocycles. The van der Waals surface area contributed by atoms with Gasteiger partial charge in [0.25, 0.3) is 0 Å². The Labute approximate surface area is 122 Å². The average Bonchev–Trinajstić information content (AvgIpc) is 2.42. The lowest BCUT2D eigenvalue weighted by atomic mass is 10.0. The number of benzene rings is 1. The van der Waals surface area contributed by atoms with Gasteiger partial charge in [-0.1, -0.05) is 19.1 Å². The Morgan fingerprint density at radius 3 is 2.30 bits per heavy atom. The van der Waals surface area contributed by atoms with Crippen molar-refractivity contribution in [2.24, 2.45) is 0 Å². The molecule has 1 N–H and O–H groups in total. The molecule has 2 atom stereocenters. The average molecular weight is 299 g/mol. The van der Waals surface area contributed by atoms with Crippen molar-refractivity contribution in [1.82, 2.24) is 5.32 Å². The van der Waals surface area contributed by atoms with E-state index in [1.54, 1.807) is 14.0 Å². The first-order chi connectivity index (χ1) is 9.38. The van der Waals surface area contributed by atoms with Gasteiger partial charge < -0.3 is 10.1 Å². The number of rotatable bonds is 8. The first-order valence-electron chi connectivity index (χ1n) is 6.93. The van der Waals surface area contributed by atoms with Crippen LogP contribution in [-0.2, 0) is 16.3 Å². The molecule has 4 nitrogen and oxygen atoms in total. The molecule has 0 aliphatic carbocycles. The summed E-state index contributed by atoms with van der Waals surface area (Å²) in [5.74, 6) is 0.808. The summed E-state index contributed by atoms with van der Waals surface area (Å²) in [4.78, 5) is 0. The van der Waals surface area contributed by atoms with E-state index >= 15 is 0 Å². The Kier molecular flexibility index (Phi) is 6.49. The quantitative estimate of drug-likeness (QED) is 0.798. The molecule has 1 rings (SSSR count). The molecule has 0 fully saturated rings. The number of nitrogens with one attached hydrogen (secondary N) is 1. The SMILES string of the molecule is CCCNC(Cc1ccc(OC)cc1)C(C)S(C)(=O)=O. The largest absolute Gasteiger partial charge is 0.497 e. The molecule has 20 heavy (non-hydrogen) atoms. The van der Waals surface area contributed by atoms with Crippen molar-refractivity contribution in [3.8, 4) is 5.75 Å². The monoisotopic (exact) mass is 299 g/mol. The molecule has 0 saturated heterocycles. The van der Waals surface area contributed by atoms with Crippen LogP contribution in [0.5, 0.6) is 5.75 Å². The lowest BCUT2D eigenvalue weighted by Gasteiger charge is -2.24. The van der Waals surface area contributed by atoms with Crippen LogP contribution in [0.2, 0.25) is 0 Å². The molecule has 0 spiro atoms. The number of ether oxygens (including phenoxy) is 1. The minimum atomic E-state index is -3.05. The normalized spacial score (nSPS) is 14.8. The third kappa shape index (κ3) is 5.13. The summed E-state index contributed by atoms with van der Waals surface area (Å²) in [5.41, 5.74) is 1.11. The fourth-order valence-electron chi connectivity index (χ4n) is 2.05. The molecule has 5 heteroatoms.